The second-order valence-corrected chi connectivity index (χ2v) is 10.4. The lowest BCUT2D eigenvalue weighted by Crippen LogP contribution is -2.18. The molecule has 0 saturated carbocycles. The number of hydrogen-bond donors (Lipinski definition) is 1. The summed E-state index contributed by atoms with van der Waals surface area (Å²) in [5.74, 6) is 0.585. The molecule has 0 bridgehead atoms. The molecule has 188 valence electrons. The van der Waals surface area contributed by atoms with Crippen molar-refractivity contribution in [1.82, 2.24) is 5.43 Å². The molecule has 1 amide bonds. The molecule has 4 rings (SSSR count). The van der Waals surface area contributed by atoms with Crippen LogP contribution in [0.2, 0.25) is 10.0 Å². The van der Waals surface area contributed by atoms with E-state index >= 15 is 0 Å². The van der Waals surface area contributed by atoms with E-state index in [0.29, 0.717) is 39.3 Å². The molecule has 0 radical (unpaired) electrons. The maximum atomic E-state index is 12.9. The Balaban J connectivity index is 1.45. The van der Waals surface area contributed by atoms with Gasteiger partial charge >= 0.3 is 0 Å². The molecule has 0 saturated heterocycles. The zero-order valence-corrected chi connectivity index (χ0v) is 23.9. The minimum Gasteiger partial charge on any atom is -0.488 e. The first-order valence-electron chi connectivity index (χ1n) is 11.1. The van der Waals surface area contributed by atoms with Crippen LogP contribution in [-0.4, -0.2) is 12.1 Å². The van der Waals surface area contributed by atoms with Crippen LogP contribution in [0.3, 0.4) is 0 Å². The molecule has 0 aliphatic carbocycles. The Morgan fingerprint density at radius 1 is 0.892 bits per heavy atom. The van der Waals surface area contributed by atoms with Crippen LogP contribution in [0, 0.1) is 0 Å². The summed E-state index contributed by atoms with van der Waals surface area (Å²) in [5, 5.41) is 5.19. The van der Waals surface area contributed by atoms with Crippen molar-refractivity contribution in [2.75, 3.05) is 0 Å². The molecule has 37 heavy (non-hydrogen) atoms. The van der Waals surface area contributed by atoms with Crippen molar-refractivity contribution < 1.29 is 14.3 Å². The monoisotopic (exact) mass is 660 g/mol. The largest absolute Gasteiger partial charge is 0.488 e. The number of carbonyl (C=O) groups is 1. The van der Waals surface area contributed by atoms with Crippen LogP contribution in [0.1, 0.15) is 27.0 Å². The van der Waals surface area contributed by atoms with E-state index in [1.807, 2.05) is 42.5 Å². The second-order valence-electron chi connectivity index (χ2n) is 7.80. The number of benzene rings is 4. The zero-order chi connectivity index (χ0) is 26.2. The average Bonchev–Trinajstić information content (AvgIpc) is 2.88. The fraction of sp³-hybridized carbons (Fsp3) is 0.0714. The standard InChI is InChI=1S/C28H20Br2Cl2N2O3/c29-21-12-20(27(24(30)13-21)37-16-18-6-2-1-3-7-18)15-33-34-28(35)23-8-4-5-9-26(23)36-17-19-10-11-22(31)14-25(19)32/h1-15H,16-17H2,(H,34,35)/b33-15+. The maximum Gasteiger partial charge on any atom is 0.275 e. The predicted octanol–water partition coefficient (Wildman–Crippen LogP) is 8.44. The van der Waals surface area contributed by atoms with Crippen molar-refractivity contribution in [2.45, 2.75) is 13.2 Å². The quantitative estimate of drug-likeness (QED) is 0.145. The highest BCUT2D eigenvalue weighted by molar-refractivity contribution is 9.11. The molecular formula is C28H20Br2Cl2N2O3. The molecule has 0 spiro atoms. The molecule has 4 aromatic rings. The minimum absolute atomic E-state index is 0.178. The summed E-state index contributed by atoms with van der Waals surface area (Å²) in [4.78, 5) is 12.9. The van der Waals surface area contributed by atoms with E-state index in [4.69, 9.17) is 32.7 Å². The summed E-state index contributed by atoms with van der Waals surface area (Å²) in [5.41, 5.74) is 5.36. The fourth-order valence-corrected chi connectivity index (χ4v) is 5.19. The predicted molar refractivity (Wildman–Crippen MR) is 155 cm³/mol. The van der Waals surface area contributed by atoms with Crippen LogP contribution in [0.4, 0.5) is 0 Å². The van der Waals surface area contributed by atoms with Gasteiger partial charge in [-0.05, 0) is 57.9 Å². The number of ether oxygens (including phenoxy) is 2. The Hall–Kier alpha value is -2.84. The number of rotatable bonds is 9. The summed E-state index contributed by atoms with van der Waals surface area (Å²) in [6, 6.07) is 25.7. The zero-order valence-electron chi connectivity index (χ0n) is 19.3. The highest BCUT2D eigenvalue weighted by atomic mass is 79.9. The van der Waals surface area contributed by atoms with E-state index in [9.17, 15) is 4.79 Å². The summed E-state index contributed by atoms with van der Waals surface area (Å²) in [6.45, 7) is 0.564. The Morgan fingerprint density at radius 3 is 2.43 bits per heavy atom. The fourth-order valence-electron chi connectivity index (χ4n) is 3.35. The summed E-state index contributed by atoms with van der Waals surface area (Å²) < 4.78 is 13.5. The van der Waals surface area contributed by atoms with Gasteiger partial charge in [0.05, 0.1) is 16.3 Å². The van der Waals surface area contributed by atoms with Gasteiger partial charge in [0.2, 0.25) is 0 Å². The average molecular weight is 663 g/mol. The Bertz CT molecular complexity index is 1430. The number of hydrazone groups is 1. The molecule has 0 aliphatic heterocycles. The van der Waals surface area contributed by atoms with Crippen molar-refractivity contribution in [2.24, 2.45) is 5.10 Å². The van der Waals surface area contributed by atoms with Crippen molar-refractivity contribution in [3.8, 4) is 11.5 Å². The smallest absolute Gasteiger partial charge is 0.275 e. The number of nitrogens with one attached hydrogen (secondary N) is 1. The van der Waals surface area contributed by atoms with Crippen molar-refractivity contribution in [1.29, 1.82) is 0 Å². The Labute approximate surface area is 241 Å². The molecule has 5 nitrogen and oxygen atoms in total. The first-order valence-corrected chi connectivity index (χ1v) is 13.4. The molecular weight excluding hydrogens is 643 g/mol. The molecule has 0 unspecified atom stereocenters. The van der Waals surface area contributed by atoms with E-state index in [2.05, 4.69) is 42.4 Å². The minimum atomic E-state index is -0.421. The van der Waals surface area contributed by atoms with Gasteiger partial charge in [0.1, 0.15) is 24.7 Å². The van der Waals surface area contributed by atoms with E-state index in [1.165, 1.54) is 6.21 Å². The first kappa shape index (κ1) is 27.2. The number of amides is 1. The van der Waals surface area contributed by atoms with E-state index in [-0.39, 0.29) is 6.61 Å². The topological polar surface area (TPSA) is 59.9 Å². The lowest BCUT2D eigenvalue weighted by molar-refractivity contribution is 0.0950. The molecule has 1 N–H and O–H groups in total. The molecule has 0 aromatic heterocycles. The van der Waals surface area contributed by atoms with Crippen LogP contribution in [0.25, 0.3) is 0 Å². The van der Waals surface area contributed by atoms with Gasteiger partial charge in [-0.1, -0.05) is 87.7 Å². The second kappa shape index (κ2) is 13.1. The van der Waals surface area contributed by atoms with Gasteiger partial charge in [-0.3, -0.25) is 4.79 Å². The highest BCUT2D eigenvalue weighted by Gasteiger charge is 2.14. The normalized spacial score (nSPS) is 10.9. The van der Waals surface area contributed by atoms with Crippen LogP contribution in [-0.2, 0) is 13.2 Å². The summed E-state index contributed by atoms with van der Waals surface area (Å²) >= 11 is 19.2. The third-order valence-corrected chi connectivity index (χ3v) is 6.80. The summed E-state index contributed by atoms with van der Waals surface area (Å²) in [7, 11) is 0. The SMILES string of the molecule is O=C(N/N=C/c1cc(Br)cc(Br)c1OCc1ccccc1)c1ccccc1OCc1ccc(Cl)cc1Cl. The van der Waals surface area contributed by atoms with Crippen LogP contribution < -0.4 is 14.9 Å². The third kappa shape index (κ3) is 7.58. The van der Waals surface area contributed by atoms with Gasteiger partial charge in [0, 0.05) is 25.6 Å². The number of para-hydroxylation sites is 1. The lowest BCUT2D eigenvalue weighted by Gasteiger charge is -2.13. The number of nitrogens with zero attached hydrogens (tertiary/aromatic N) is 1. The van der Waals surface area contributed by atoms with E-state index < -0.39 is 5.91 Å². The van der Waals surface area contributed by atoms with Crippen molar-refractivity contribution in [3.63, 3.8) is 0 Å². The summed E-state index contributed by atoms with van der Waals surface area (Å²) in [6.07, 6.45) is 1.53. The van der Waals surface area contributed by atoms with Gasteiger partial charge in [-0.15, -0.1) is 0 Å². The number of halogens is 4. The van der Waals surface area contributed by atoms with Crippen molar-refractivity contribution >= 4 is 67.2 Å². The number of hydrogen-bond acceptors (Lipinski definition) is 4. The Morgan fingerprint density at radius 2 is 1.65 bits per heavy atom. The van der Waals surface area contributed by atoms with Gasteiger partial charge < -0.3 is 9.47 Å². The molecule has 0 aliphatic rings. The van der Waals surface area contributed by atoms with Gasteiger partial charge in [0.25, 0.3) is 5.91 Å². The van der Waals surface area contributed by atoms with E-state index in [0.717, 1.165) is 20.1 Å². The maximum absolute atomic E-state index is 12.9. The highest BCUT2D eigenvalue weighted by Crippen LogP contribution is 2.33. The Kier molecular flexibility index (Phi) is 9.63. The van der Waals surface area contributed by atoms with Gasteiger partial charge in [0.15, 0.2) is 0 Å². The molecule has 0 atom stereocenters. The lowest BCUT2D eigenvalue weighted by atomic mass is 10.2. The first-order chi connectivity index (χ1) is 17.9. The third-order valence-electron chi connectivity index (χ3n) is 5.16. The molecule has 9 heteroatoms. The molecule has 0 heterocycles. The van der Waals surface area contributed by atoms with Crippen LogP contribution >= 0.6 is 55.1 Å². The van der Waals surface area contributed by atoms with E-state index in [1.54, 1.807) is 42.5 Å². The van der Waals surface area contributed by atoms with Gasteiger partial charge in [-0.2, -0.15) is 5.10 Å². The van der Waals surface area contributed by atoms with Crippen LogP contribution in [0.15, 0.2) is 99.0 Å². The van der Waals surface area contributed by atoms with Crippen LogP contribution in [0.5, 0.6) is 11.5 Å². The van der Waals surface area contributed by atoms with Crippen molar-refractivity contribution in [3.05, 3.63) is 126 Å². The van der Waals surface area contributed by atoms with Gasteiger partial charge in [-0.25, -0.2) is 5.43 Å². The number of carbonyl (C=O) groups excluding carboxylic acids is 1. The molecule has 4 aromatic carbocycles. The molecule has 0 fully saturated rings.